The van der Waals surface area contributed by atoms with Gasteiger partial charge < -0.3 is 11.1 Å². The molecule has 19 heavy (non-hydrogen) atoms. The summed E-state index contributed by atoms with van der Waals surface area (Å²) < 4.78 is 0.828. The van der Waals surface area contributed by atoms with E-state index in [1.807, 2.05) is 19.1 Å². The van der Waals surface area contributed by atoms with Gasteiger partial charge in [0.05, 0.1) is 5.02 Å². The molecule has 0 amide bonds. The van der Waals surface area contributed by atoms with Gasteiger partial charge in [0.2, 0.25) is 5.95 Å². The first-order chi connectivity index (χ1) is 8.95. The Bertz CT molecular complexity index is 648. The first kappa shape index (κ1) is 14.2. The van der Waals surface area contributed by atoms with Crippen LogP contribution >= 0.6 is 39.7 Å². The largest absolute Gasteiger partial charge is 0.388 e. The third-order valence-electron chi connectivity index (χ3n) is 2.28. The number of halogens is 2. The molecule has 2 rings (SSSR count). The van der Waals surface area contributed by atoms with Crippen molar-refractivity contribution in [3.05, 3.63) is 45.1 Å². The van der Waals surface area contributed by atoms with Crippen LogP contribution in [0.25, 0.3) is 0 Å². The van der Waals surface area contributed by atoms with Crippen molar-refractivity contribution in [3.63, 3.8) is 0 Å². The van der Waals surface area contributed by atoms with Gasteiger partial charge in [0, 0.05) is 15.9 Å². The highest BCUT2D eigenvalue weighted by atomic mass is 79.9. The SMILES string of the molecule is Cc1cc(C(N)=S)nc(Nc2ccc(Br)c(Cl)c2)n1. The van der Waals surface area contributed by atoms with E-state index in [1.165, 1.54) is 0 Å². The van der Waals surface area contributed by atoms with Crippen molar-refractivity contribution < 1.29 is 0 Å². The summed E-state index contributed by atoms with van der Waals surface area (Å²) in [6.07, 6.45) is 0. The lowest BCUT2D eigenvalue weighted by Crippen LogP contribution is -2.13. The first-order valence-electron chi connectivity index (χ1n) is 5.33. The third kappa shape index (κ3) is 3.62. The summed E-state index contributed by atoms with van der Waals surface area (Å²) in [5.74, 6) is 0.432. The minimum atomic E-state index is 0.238. The lowest BCUT2D eigenvalue weighted by Gasteiger charge is -2.08. The zero-order valence-electron chi connectivity index (χ0n) is 9.95. The van der Waals surface area contributed by atoms with Crippen LogP contribution in [0.15, 0.2) is 28.7 Å². The molecule has 98 valence electrons. The number of thiocarbonyl (C=S) groups is 1. The molecule has 0 unspecified atom stereocenters. The molecule has 0 aliphatic rings. The maximum atomic E-state index is 6.02. The van der Waals surface area contributed by atoms with Crippen LogP contribution in [0.1, 0.15) is 11.4 Å². The molecule has 0 spiro atoms. The molecule has 7 heteroatoms. The second-order valence-electron chi connectivity index (χ2n) is 3.84. The minimum absolute atomic E-state index is 0.238. The Labute approximate surface area is 129 Å². The van der Waals surface area contributed by atoms with Crippen molar-refractivity contribution in [1.29, 1.82) is 0 Å². The van der Waals surface area contributed by atoms with Crippen molar-refractivity contribution in [1.82, 2.24) is 9.97 Å². The fourth-order valence-electron chi connectivity index (χ4n) is 1.45. The Kier molecular flexibility index (Phi) is 4.34. The summed E-state index contributed by atoms with van der Waals surface area (Å²) in [6.45, 7) is 1.85. The second-order valence-corrected chi connectivity index (χ2v) is 5.54. The van der Waals surface area contributed by atoms with E-state index in [9.17, 15) is 0 Å². The molecule has 3 N–H and O–H groups in total. The average Bonchev–Trinajstić information content (AvgIpc) is 2.33. The first-order valence-corrected chi connectivity index (χ1v) is 6.91. The fraction of sp³-hybridized carbons (Fsp3) is 0.0833. The Hall–Kier alpha value is -1.24. The molecule has 0 aliphatic heterocycles. The van der Waals surface area contributed by atoms with Crippen LogP contribution in [0, 0.1) is 6.92 Å². The van der Waals surface area contributed by atoms with E-state index in [4.69, 9.17) is 29.6 Å². The van der Waals surface area contributed by atoms with Gasteiger partial charge in [-0.3, -0.25) is 0 Å². The molecule has 2 aromatic rings. The van der Waals surface area contributed by atoms with Gasteiger partial charge in [0.25, 0.3) is 0 Å². The predicted molar refractivity (Wildman–Crippen MR) is 85.1 cm³/mol. The van der Waals surface area contributed by atoms with Gasteiger partial charge in [-0.25, -0.2) is 9.97 Å². The third-order valence-corrected chi connectivity index (χ3v) is 3.72. The highest BCUT2D eigenvalue weighted by Gasteiger charge is 2.06. The molecule has 1 aromatic heterocycles. The van der Waals surface area contributed by atoms with E-state index < -0.39 is 0 Å². The Morgan fingerprint density at radius 2 is 2.11 bits per heavy atom. The minimum Gasteiger partial charge on any atom is -0.388 e. The highest BCUT2D eigenvalue weighted by Crippen LogP contribution is 2.26. The van der Waals surface area contributed by atoms with E-state index >= 15 is 0 Å². The van der Waals surface area contributed by atoms with E-state index in [2.05, 4.69) is 31.2 Å². The summed E-state index contributed by atoms with van der Waals surface area (Å²) in [5, 5.41) is 3.67. The number of hydrogen-bond donors (Lipinski definition) is 2. The molecule has 0 fully saturated rings. The Morgan fingerprint density at radius 3 is 2.74 bits per heavy atom. The normalized spacial score (nSPS) is 10.3. The van der Waals surface area contributed by atoms with Crippen molar-refractivity contribution in [3.8, 4) is 0 Å². The standard InChI is InChI=1S/C12H10BrClN4S/c1-6-4-10(11(15)19)18-12(16-6)17-7-2-3-8(13)9(14)5-7/h2-5H,1H3,(H2,15,19)(H,16,17,18). The molecular formula is C12H10BrClN4S. The Balaban J connectivity index is 2.32. The van der Waals surface area contributed by atoms with Gasteiger partial charge in [-0.15, -0.1) is 0 Å². The number of benzene rings is 1. The summed E-state index contributed by atoms with van der Waals surface area (Å²) >= 11 is 14.3. The van der Waals surface area contributed by atoms with Crippen LogP contribution in [0.3, 0.4) is 0 Å². The van der Waals surface area contributed by atoms with Crippen LogP contribution in [-0.2, 0) is 0 Å². The molecule has 0 atom stereocenters. The zero-order chi connectivity index (χ0) is 14.0. The number of nitrogens with two attached hydrogens (primary N) is 1. The van der Waals surface area contributed by atoms with E-state index in [-0.39, 0.29) is 4.99 Å². The lowest BCUT2D eigenvalue weighted by atomic mass is 10.3. The van der Waals surface area contributed by atoms with Crippen molar-refractivity contribution in [2.75, 3.05) is 5.32 Å². The summed E-state index contributed by atoms with van der Waals surface area (Å²) in [7, 11) is 0. The number of nitrogens with one attached hydrogen (secondary N) is 1. The van der Waals surface area contributed by atoms with Gasteiger partial charge in [-0.1, -0.05) is 23.8 Å². The Morgan fingerprint density at radius 1 is 1.37 bits per heavy atom. The number of hydrogen-bond acceptors (Lipinski definition) is 4. The van der Waals surface area contributed by atoms with Crippen LogP contribution in [-0.4, -0.2) is 15.0 Å². The molecule has 4 nitrogen and oxygen atoms in total. The molecule has 0 radical (unpaired) electrons. The number of anilines is 2. The molecule has 0 saturated heterocycles. The molecule has 0 aliphatic carbocycles. The molecular weight excluding hydrogens is 348 g/mol. The van der Waals surface area contributed by atoms with Crippen LogP contribution in [0.4, 0.5) is 11.6 Å². The summed E-state index contributed by atoms with van der Waals surface area (Å²) in [5.41, 5.74) is 7.68. The molecule has 0 bridgehead atoms. The molecule has 1 heterocycles. The van der Waals surface area contributed by atoms with Crippen LogP contribution in [0.2, 0.25) is 5.02 Å². The van der Waals surface area contributed by atoms with E-state index in [0.29, 0.717) is 16.7 Å². The van der Waals surface area contributed by atoms with E-state index in [0.717, 1.165) is 15.9 Å². The van der Waals surface area contributed by atoms with E-state index in [1.54, 1.807) is 12.1 Å². The molecule has 0 saturated carbocycles. The number of rotatable bonds is 3. The van der Waals surface area contributed by atoms with Crippen LogP contribution < -0.4 is 11.1 Å². The summed E-state index contributed by atoms with van der Waals surface area (Å²) in [4.78, 5) is 8.75. The zero-order valence-corrected chi connectivity index (χ0v) is 13.1. The van der Waals surface area contributed by atoms with Crippen molar-refractivity contribution in [2.45, 2.75) is 6.92 Å². The van der Waals surface area contributed by atoms with Crippen molar-refractivity contribution in [2.24, 2.45) is 5.73 Å². The van der Waals surface area contributed by atoms with Crippen LogP contribution in [0.5, 0.6) is 0 Å². The average molecular weight is 358 g/mol. The lowest BCUT2D eigenvalue weighted by molar-refractivity contribution is 1.09. The molecule has 1 aromatic carbocycles. The maximum Gasteiger partial charge on any atom is 0.228 e. The van der Waals surface area contributed by atoms with Gasteiger partial charge >= 0.3 is 0 Å². The second kappa shape index (κ2) is 5.81. The monoisotopic (exact) mass is 356 g/mol. The van der Waals surface area contributed by atoms with Gasteiger partial charge in [0.1, 0.15) is 10.7 Å². The number of nitrogens with zero attached hydrogens (tertiary/aromatic N) is 2. The fourth-order valence-corrected chi connectivity index (χ4v) is 1.99. The number of aryl methyl sites for hydroxylation is 1. The van der Waals surface area contributed by atoms with Crippen molar-refractivity contribution >= 4 is 56.4 Å². The highest BCUT2D eigenvalue weighted by molar-refractivity contribution is 9.10. The maximum absolute atomic E-state index is 6.02. The van der Waals surface area contributed by atoms with Gasteiger partial charge in [-0.2, -0.15) is 0 Å². The summed E-state index contributed by atoms with van der Waals surface area (Å²) in [6, 6.07) is 7.22. The quantitative estimate of drug-likeness (QED) is 0.822. The predicted octanol–water partition coefficient (Wildman–Crippen LogP) is 3.58. The topological polar surface area (TPSA) is 63.8 Å². The van der Waals surface area contributed by atoms with Gasteiger partial charge in [-0.05, 0) is 47.1 Å². The van der Waals surface area contributed by atoms with Gasteiger partial charge in [0.15, 0.2) is 0 Å². The number of aromatic nitrogens is 2. The smallest absolute Gasteiger partial charge is 0.228 e.